The Bertz CT molecular complexity index is 917. The lowest BCUT2D eigenvalue weighted by molar-refractivity contribution is -0.139. The van der Waals surface area contributed by atoms with Gasteiger partial charge in [-0.2, -0.15) is 5.10 Å². The number of hydrogen-bond acceptors (Lipinski definition) is 5. The smallest absolute Gasteiger partial charge is 0.329 e. The SMILES string of the molecule is COc1cc(/C=N\NC(=O)C(=O)NCC(C)C)cc(I)c1OCc1ccc(Cl)cc1. The zero-order valence-corrected chi connectivity index (χ0v) is 19.8. The molecule has 0 bridgehead atoms. The molecular weight excluding hydrogens is 521 g/mol. The van der Waals surface area contributed by atoms with Gasteiger partial charge in [0.05, 0.1) is 16.9 Å². The molecule has 0 saturated heterocycles. The molecule has 0 atom stereocenters. The largest absolute Gasteiger partial charge is 0.493 e. The van der Waals surface area contributed by atoms with Crippen molar-refractivity contribution < 1.29 is 19.1 Å². The van der Waals surface area contributed by atoms with Gasteiger partial charge in [-0.3, -0.25) is 9.59 Å². The summed E-state index contributed by atoms with van der Waals surface area (Å²) in [6, 6.07) is 11.0. The van der Waals surface area contributed by atoms with E-state index in [-0.39, 0.29) is 5.92 Å². The molecular formula is C21H23ClIN3O4. The minimum atomic E-state index is -0.823. The van der Waals surface area contributed by atoms with E-state index in [0.717, 1.165) is 9.13 Å². The lowest BCUT2D eigenvalue weighted by Gasteiger charge is -2.13. The van der Waals surface area contributed by atoms with Gasteiger partial charge < -0.3 is 14.8 Å². The third-order valence-electron chi connectivity index (χ3n) is 3.81. The topological polar surface area (TPSA) is 89.0 Å². The molecule has 2 amide bonds. The number of hydrazone groups is 1. The van der Waals surface area contributed by atoms with E-state index in [0.29, 0.717) is 35.2 Å². The van der Waals surface area contributed by atoms with E-state index in [1.807, 2.05) is 32.0 Å². The second-order valence-electron chi connectivity index (χ2n) is 6.75. The molecule has 2 rings (SSSR count). The van der Waals surface area contributed by atoms with E-state index in [9.17, 15) is 9.59 Å². The number of nitrogens with one attached hydrogen (secondary N) is 2. The number of ether oxygens (including phenoxy) is 2. The lowest BCUT2D eigenvalue weighted by atomic mass is 10.2. The third-order valence-corrected chi connectivity index (χ3v) is 4.86. The molecule has 30 heavy (non-hydrogen) atoms. The average Bonchev–Trinajstić information content (AvgIpc) is 2.71. The number of carbonyl (C=O) groups is 2. The second-order valence-corrected chi connectivity index (χ2v) is 8.35. The maximum Gasteiger partial charge on any atom is 0.329 e. The van der Waals surface area contributed by atoms with Crippen molar-refractivity contribution in [2.45, 2.75) is 20.5 Å². The Labute approximate surface area is 194 Å². The van der Waals surface area contributed by atoms with Gasteiger partial charge in [-0.05, 0) is 63.9 Å². The van der Waals surface area contributed by atoms with E-state index < -0.39 is 11.8 Å². The molecule has 0 radical (unpaired) electrons. The highest BCUT2D eigenvalue weighted by molar-refractivity contribution is 14.1. The van der Waals surface area contributed by atoms with Gasteiger partial charge in [0.1, 0.15) is 6.61 Å². The molecule has 2 aromatic rings. The van der Waals surface area contributed by atoms with Crippen molar-refractivity contribution >= 4 is 52.2 Å². The Hall–Kier alpha value is -2.33. The van der Waals surface area contributed by atoms with Gasteiger partial charge in [-0.15, -0.1) is 0 Å². The zero-order valence-electron chi connectivity index (χ0n) is 16.9. The summed E-state index contributed by atoms with van der Waals surface area (Å²) in [5.41, 5.74) is 3.86. The van der Waals surface area contributed by atoms with Crippen LogP contribution in [0, 0.1) is 9.49 Å². The second kappa shape index (κ2) is 11.8. The van der Waals surface area contributed by atoms with Crippen molar-refractivity contribution in [3.05, 3.63) is 56.1 Å². The summed E-state index contributed by atoms with van der Waals surface area (Å²) in [5.74, 6) is -0.170. The Kier molecular flexibility index (Phi) is 9.38. The Morgan fingerprint density at radius 3 is 2.53 bits per heavy atom. The first kappa shape index (κ1) is 23.9. The lowest BCUT2D eigenvalue weighted by Crippen LogP contribution is -2.39. The van der Waals surface area contributed by atoms with Crippen LogP contribution in [0.25, 0.3) is 0 Å². The summed E-state index contributed by atoms with van der Waals surface area (Å²) in [5, 5.41) is 7.03. The van der Waals surface area contributed by atoms with Gasteiger partial charge >= 0.3 is 11.8 Å². The fraction of sp³-hybridized carbons (Fsp3) is 0.286. The number of amides is 2. The Morgan fingerprint density at radius 1 is 1.20 bits per heavy atom. The fourth-order valence-corrected chi connectivity index (χ4v) is 3.19. The van der Waals surface area contributed by atoms with Crippen LogP contribution in [0.15, 0.2) is 41.5 Å². The van der Waals surface area contributed by atoms with Crippen LogP contribution >= 0.6 is 34.2 Å². The minimum absolute atomic E-state index is 0.250. The van der Waals surface area contributed by atoms with E-state index in [1.54, 1.807) is 25.3 Å². The summed E-state index contributed by atoms with van der Waals surface area (Å²) >= 11 is 8.04. The molecule has 0 fully saturated rings. The normalized spacial score (nSPS) is 10.9. The van der Waals surface area contributed by atoms with Crippen LogP contribution < -0.4 is 20.2 Å². The van der Waals surface area contributed by atoms with Crippen molar-refractivity contribution in [1.82, 2.24) is 10.7 Å². The molecule has 0 saturated carbocycles. The first-order valence-corrected chi connectivity index (χ1v) is 10.6. The molecule has 9 heteroatoms. The van der Waals surface area contributed by atoms with Gasteiger partial charge in [0.25, 0.3) is 0 Å². The highest BCUT2D eigenvalue weighted by atomic mass is 127. The Morgan fingerprint density at radius 2 is 1.90 bits per heavy atom. The standard InChI is InChI=1S/C21H23ClIN3O4/c1-13(2)10-24-20(27)21(28)26-25-11-15-8-17(23)19(18(9-15)29-3)30-12-14-4-6-16(22)7-5-14/h4-9,11,13H,10,12H2,1-3H3,(H,24,27)(H,26,28)/b25-11-. The molecule has 0 aliphatic rings. The van der Waals surface area contributed by atoms with Crippen LogP contribution in [0.5, 0.6) is 11.5 Å². The highest BCUT2D eigenvalue weighted by Crippen LogP contribution is 2.34. The molecule has 0 aliphatic heterocycles. The number of carbonyl (C=O) groups excluding carboxylic acids is 2. The summed E-state index contributed by atoms with van der Waals surface area (Å²) < 4.78 is 12.2. The maximum atomic E-state index is 11.7. The zero-order chi connectivity index (χ0) is 22.1. The summed E-state index contributed by atoms with van der Waals surface area (Å²) in [7, 11) is 1.54. The van der Waals surface area contributed by atoms with Crippen LogP contribution in [0.1, 0.15) is 25.0 Å². The number of methoxy groups -OCH3 is 1. The van der Waals surface area contributed by atoms with Gasteiger partial charge in [0.2, 0.25) is 0 Å². The quantitative estimate of drug-likeness (QED) is 0.230. The van der Waals surface area contributed by atoms with Crippen LogP contribution in [-0.4, -0.2) is 31.7 Å². The van der Waals surface area contributed by atoms with Crippen LogP contribution in [0.4, 0.5) is 0 Å². The van der Waals surface area contributed by atoms with E-state index >= 15 is 0 Å². The van der Waals surface area contributed by atoms with Crippen molar-refractivity contribution in [3.63, 3.8) is 0 Å². The van der Waals surface area contributed by atoms with Crippen LogP contribution in [0.2, 0.25) is 5.02 Å². The summed E-state index contributed by atoms with van der Waals surface area (Å²) in [4.78, 5) is 23.4. The van der Waals surface area contributed by atoms with Crippen molar-refractivity contribution in [1.29, 1.82) is 0 Å². The van der Waals surface area contributed by atoms with E-state index in [4.69, 9.17) is 21.1 Å². The van der Waals surface area contributed by atoms with Gasteiger partial charge in [0.15, 0.2) is 11.5 Å². The van der Waals surface area contributed by atoms with Gasteiger partial charge in [-0.25, -0.2) is 5.43 Å². The highest BCUT2D eigenvalue weighted by Gasteiger charge is 2.13. The number of rotatable bonds is 8. The maximum absolute atomic E-state index is 11.7. The number of benzene rings is 2. The van der Waals surface area contributed by atoms with Crippen molar-refractivity contribution in [2.24, 2.45) is 11.0 Å². The molecule has 0 heterocycles. The Balaban J connectivity index is 2.01. The number of hydrogen-bond donors (Lipinski definition) is 2. The van der Waals surface area contributed by atoms with Gasteiger partial charge in [0, 0.05) is 11.6 Å². The first-order valence-electron chi connectivity index (χ1n) is 9.16. The predicted molar refractivity (Wildman–Crippen MR) is 125 cm³/mol. The van der Waals surface area contributed by atoms with Crippen molar-refractivity contribution in [3.8, 4) is 11.5 Å². The van der Waals surface area contributed by atoms with Crippen LogP contribution in [0.3, 0.4) is 0 Å². The van der Waals surface area contributed by atoms with E-state index in [1.165, 1.54) is 6.21 Å². The molecule has 0 unspecified atom stereocenters. The molecule has 2 aromatic carbocycles. The van der Waals surface area contributed by atoms with Gasteiger partial charge in [-0.1, -0.05) is 37.6 Å². The first-order chi connectivity index (χ1) is 14.3. The summed E-state index contributed by atoms with van der Waals surface area (Å²) in [6.45, 7) is 4.66. The third kappa shape index (κ3) is 7.49. The molecule has 7 nitrogen and oxygen atoms in total. The van der Waals surface area contributed by atoms with Crippen molar-refractivity contribution in [2.75, 3.05) is 13.7 Å². The predicted octanol–water partition coefficient (Wildman–Crippen LogP) is 3.75. The number of nitrogens with zero attached hydrogens (tertiary/aromatic N) is 1. The molecule has 160 valence electrons. The molecule has 2 N–H and O–H groups in total. The molecule has 0 spiro atoms. The minimum Gasteiger partial charge on any atom is -0.493 e. The molecule has 0 aliphatic carbocycles. The summed E-state index contributed by atoms with van der Waals surface area (Å²) in [6.07, 6.45) is 1.43. The van der Waals surface area contributed by atoms with E-state index in [2.05, 4.69) is 38.4 Å². The number of halogens is 2. The fourth-order valence-electron chi connectivity index (χ4n) is 2.28. The van der Waals surface area contributed by atoms with Crippen LogP contribution in [-0.2, 0) is 16.2 Å². The average molecular weight is 544 g/mol. The molecule has 0 aromatic heterocycles. The monoisotopic (exact) mass is 543 g/mol.